The van der Waals surface area contributed by atoms with Gasteiger partial charge < -0.3 is 9.88 Å². The van der Waals surface area contributed by atoms with E-state index in [2.05, 4.69) is 143 Å². The number of aliphatic imine (C=N–C) groups is 1. The van der Waals surface area contributed by atoms with Crippen molar-refractivity contribution in [2.45, 2.75) is 19.0 Å². The lowest BCUT2D eigenvalue weighted by atomic mass is 10.0. The molecule has 1 atom stereocenters. The average Bonchev–Trinajstić information content (AvgIpc) is 3.65. The average molecular weight is 584 g/mol. The second-order valence-electron chi connectivity index (χ2n) is 11.5. The highest BCUT2D eigenvalue weighted by Gasteiger charge is 2.22. The number of allylic oxidation sites excluding steroid dienone is 2. The van der Waals surface area contributed by atoms with Gasteiger partial charge in [-0.25, -0.2) is 0 Å². The number of rotatable bonds is 4. The molecule has 0 saturated heterocycles. The van der Waals surface area contributed by atoms with Crippen molar-refractivity contribution in [3.8, 4) is 5.69 Å². The van der Waals surface area contributed by atoms with E-state index in [4.69, 9.17) is 4.99 Å². The Bertz CT molecular complexity index is 2280. The minimum absolute atomic E-state index is 0.194. The molecule has 1 N–H and O–H groups in total. The Labute approximate surface area is 260 Å². The molecular formula is C40H29N3S. The number of aryl methyl sites for hydroxylation is 1. The highest BCUT2D eigenvalue weighted by atomic mass is 32.1. The summed E-state index contributed by atoms with van der Waals surface area (Å²) < 4.78 is 3.84. The first-order valence-electron chi connectivity index (χ1n) is 15.2. The third-order valence-electron chi connectivity index (χ3n) is 8.89. The van der Waals surface area contributed by atoms with Crippen molar-refractivity contribution < 1.29 is 0 Å². The van der Waals surface area contributed by atoms with Crippen LogP contribution in [0.25, 0.3) is 49.4 Å². The summed E-state index contributed by atoms with van der Waals surface area (Å²) in [5.41, 5.74) is 10.6. The van der Waals surface area contributed by atoms with Gasteiger partial charge >= 0.3 is 0 Å². The molecule has 4 heteroatoms. The fraction of sp³-hybridized carbons (Fsp3) is 0.0750. The molecule has 5 aromatic carbocycles. The van der Waals surface area contributed by atoms with E-state index in [9.17, 15) is 0 Å². The van der Waals surface area contributed by atoms with Crippen LogP contribution in [0.4, 0.5) is 0 Å². The molecule has 3 nitrogen and oxygen atoms in total. The van der Waals surface area contributed by atoms with Crippen LogP contribution in [0.2, 0.25) is 0 Å². The van der Waals surface area contributed by atoms with Gasteiger partial charge in [0, 0.05) is 32.4 Å². The monoisotopic (exact) mass is 583 g/mol. The molecule has 1 unspecified atom stereocenters. The quantitative estimate of drug-likeness (QED) is 0.219. The minimum Gasteiger partial charge on any atom is -0.360 e. The minimum atomic E-state index is -0.194. The van der Waals surface area contributed by atoms with Gasteiger partial charge in [-0.3, -0.25) is 4.99 Å². The van der Waals surface area contributed by atoms with Crippen LogP contribution in [0.1, 0.15) is 39.7 Å². The fourth-order valence-electron chi connectivity index (χ4n) is 6.77. The fourth-order valence-corrected chi connectivity index (χ4v) is 8.11. The zero-order valence-electron chi connectivity index (χ0n) is 24.1. The maximum Gasteiger partial charge on any atom is 0.145 e. The summed E-state index contributed by atoms with van der Waals surface area (Å²) in [5, 5.41) is 7.68. The topological polar surface area (TPSA) is 29.3 Å². The number of benzene rings is 5. The molecule has 0 amide bonds. The van der Waals surface area contributed by atoms with Crippen LogP contribution in [0, 0.1) is 0 Å². The number of nitrogens with zero attached hydrogens (tertiary/aromatic N) is 2. The van der Waals surface area contributed by atoms with Crippen LogP contribution < -0.4 is 5.32 Å². The summed E-state index contributed by atoms with van der Waals surface area (Å²) in [6.45, 7) is 0. The number of thiophene rings is 1. The Morgan fingerprint density at radius 3 is 2.25 bits per heavy atom. The first kappa shape index (κ1) is 25.3. The van der Waals surface area contributed by atoms with Gasteiger partial charge in [0.05, 0.1) is 21.4 Å². The van der Waals surface area contributed by atoms with Crippen molar-refractivity contribution >= 4 is 60.7 Å². The lowest BCUT2D eigenvalue weighted by molar-refractivity contribution is 0.664. The lowest BCUT2D eigenvalue weighted by Crippen LogP contribution is -2.24. The predicted molar refractivity (Wildman–Crippen MR) is 187 cm³/mol. The third kappa shape index (κ3) is 4.06. The van der Waals surface area contributed by atoms with Gasteiger partial charge in [-0.05, 0) is 59.4 Å². The maximum absolute atomic E-state index is 5.19. The van der Waals surface area contributed by atoms with Crippen molar-refractivity contribution in [2.24, 2.45) is 4.99 Å². The van der Waals surface area contributed by atoms with Gasteiger partial charge in [-0.2, -0.15) is 0 Å². The van der Waals surface area contributed by atoms with Gasteiger partial charge in [0.2, 0.25) is 0 Å². The van der Waals surface area contributed by atoms with Gasteiger partial charge in [0.25, 0.3) is 0 Å². The number of nitrogens with one attached hydrogen (secondary N) is 1. The number of hydrogen-bond donors (Lipinski definition) is 1. The molecule has 44 heavy (non-hydrogen) atoms. The molecule has 7 aromatic rings. The van der Waals surface area contributed by atoms with E-state index in [1.54, 1.807) is 0 Å². The van der Waals surface area contributed by atoms with Gasteiger partial charge in [-0.15, -0.1) is 11.3 Å². The van der Waals surface area contributed by atoms with Crippen molar-refractivity contribution in [3.05, 3.63) is 161 Å². The third-order valence-corrected chi connectivity index (χ3v) is 10.2. The second kappa shape index (κ2) is 10.2. The normalized spacial score (nSPS) is 16.1. The summed E-state index contributed by atoms with van der Waals surface area (Å²) in [7, 11) is 0. The molecule has 2 aliphatic rings. The van der Waals surface area contributed by atoms with Crippen molar-refractivity contribution in [2.75, 3.05) is 0 Å². The second-order valence-corrected chi connectivity index (χ2v) is 12.6. The van der Waals surface area contributed by atoms with Crippen LogP contribution in [0.3, 0.4) is 0 Å². The largest absolute Gasteiger partial charge is 0.360 e. The Balaban J connectivity index is 1.18. The van der Waals surface area contributed by atoms with Gasteiger partial charge in [0.15, 0.2) is 0 Å². The molecule has 0 spiro atoms. The van der Waals surface area contributed by atoms with Crippen molar-refractivity contribution in [1.82, 2.24) is 9.88 Å². The van der Waals surface area contributed by atoms with E-state index >= 15 is 0 Å². The Morgan fingerprint density at radius 1 is 0.705 bits per heavy atom. The number of aromatic nitrogens is 1. The Morgan fingerprint density at radius 2 is 1.43 bits per heavy atom. The van der Waals surface area contributed by atoms with Crippen LogP contribution in [0.5, 0.6) is 0 Å². The molecule has 0 radical (unpaired) electrons. The highest BCUT2D eigenvalue weighted by molar-refractivity contribution is 7.20. The van der Waals surface area contributed by atoms with Gasteiger partial charge in [-0.1, -0.05) is 115 Å². The Hall–Kier alpha value is -5.19. The molecule has 210 valence electrons. The Kier molecular flexibility index (Phi) is 5.88. The van der Waals surface area contributed by atoms with Crippen molar-refractivity contribution in [1.29, 1.82) is 0 Å². The number of para-hydroxylation sites is 1. The molecule has 2 aromatic heterocycles. The van der Waals surface area contributed by atoms with E-state index < -0.39 is 0 Å². The first-order chi connectivity index (χ1) is 21.8. The molecule has 1 aliphatic carbocycles. The highest BCUT2D eigenvalue weighted by Crippen LogP contribution is 2.43. The van der Waals surface area contributed by atoms with Crippen LogP contribution in [-0.2, 0) is 6.42 Å². The molecule has 0 bridgehead atoms. The SMILES string of the molecule is C1=Cc2c(sc3c2ccc2c4ccccc4n(-c4ccc(C5N=C(c6ccccc6)C=C(c6ccccc6)N5)cc4)c23)CC1. The van der Waals surface area contributed by atoms with E-state index in [0.717, 1.165) is 46.6 Å². The summed E-state index contributed by atoms with van der Waals surface area (Å²) in [4.78, 5) is 6.69. The predicted octanol–water partition coefficient (Wildman–Crippen LogP) is 10.1. The molecule has 0 saturated carbocycles. The summed E-state index contributed by atoms with van der Waals surface area (Å²) in [6, 6.07) is 43.4. The zero-order chi connectivity index (χ0) is 29.0. The summed E-state index contributed by atoms with van der Waals surface area (Å²) in [6.07, 6.45) is 8.86. The van der Waals surface area contributed by atoms with E-state index in [0.29, 0.717) is 0 Å². The molecule has 0 fully saturated rings. The molecular weight excluding hydrogens is 555 g/mol. The van der Waals surface area contributed by atoms with E-state index in [1.807, 2.05) is 17.4 Å². The zero-order valence-corrected chi connectivity index (χ0v) is 24.9. The lowest BCUT2D eigenvalue weighted by Gasteiger charge is -2.25. The van der Waals surface area contributed by atoms with Crippen LogP contribution >= 0.6 is 11.3 Å². The summed E-state index contributed by atoms with van der Waals surface area (Å²) in [5.74, 6) is 0. The molecule has 3 heterocycles. The molecule has 1 aliphatic heterocycles. The first-order valence-corrected chi connectivity index (χ1v) is 16.0. The van der Waals surface area contributed by atoms with E-state index in [-0.39, 0.29) is 6.17 Å². The van der Waals surface area contributed by atoms with Crippen LogP contribution in [0.15, 0.2) is 138 Å². The number of fused-ring (bicyclic) bond motifs is 7. The standard InChI is InChI=1S/C40H29N3S/c1-3-11-26(12-4-1)34-25-35(27-13-5-2-6-14-27)42-40(41-34)28-19-21-29(22-20-28)43-36-17-9-7-15-30(36)32-23-24-33-31-16-8-10-18-37(31)44-39(33)38(32)43/h1-9,11-17,19-25,40-41H,10,18H2. The molecule has 9 rings (SSSR count). The summed E-state index contributed by atoms with van der Waals surface area (Å²) >= 11 is 1.97. The number of hydrogen-bond acceptors (Lipinski definition) is 3. The van der Waals surface area contributed by atoms with Gasteiger partial charge in [0.1, 0.15) is 6.17 Å². The van der Waals surface area contributed by atoms with E-state index in [1.165, 1.54) is 42.3 Å². The smallest absolute Gasteiger partial charge is 0.145 e. The van der Waals surface area contributed by atoms with Crippen LogP contribution in [-0.4, -0.2) is 10.3 Å². The van der Waals surface area contributed by atoms with Crippen molar-refractivity contribution in [3.63, 3.8) is 0 Å². The maximum atomic E-state index is 5.19.